The molecule has 78 valence electrons. The van der Waals surface area contributed by atoms with Gasteiger partial charge in [-0.15, -0.1) is 0 Å². The molecule has 0 saturated carbocycles. The maximum absolute atomic E-state index is 4.99. The number of piperidine rings is 1. The monoisotopic (exact) mass is 186 g/mol. The van der Waals surface area contributed by atoms with E-state index in [9.17, 15) is 0 Å². The summed E-state index contributed by atoms with van der Waals surface area (Å²) >= 11 is 0. The lowest BCUT2D eigenvalue weighted by Gasteiger charge is -2.34. The van der Waals surface area contributed by atoms with E-state index in [1.165, 1.54) is 19.4 Å². The Balaban J connectivity index is 2.10. The lowest BCUT2D eigenvalue weighted by Crippen LogP contribution is -2.44. The molecule has 1 fully saturated rings. The molecule has 0 spiro atoms. The zero-order valence-electron chi connectivity index (χ0n) is 8.86. The minimum Gasteiger partial charge on any atom is -0.383 e. The highest BCUT2D eigenvalue weighted by Crippen LogP contribution is 2.23. The molecule has 3 heteroatoms. The Labute approximate surface area is 81.2 Å². The number of nitrogens with one attached hydrogen (secondary N) is 2. The van der Waals surface area contributed by atoms with Gasteiger partial charge in [0.05, 0.1) is 6.61 Å². The van der Waals surface area contributed by atoms with E-state index in [1.807, 2.05) is 0 Å². The first kappa shape index (κ1) is 11.0. The third-order valence-corrected chi connectivity index (χ3v) is 2.72. The summed E-state index contributed by atoms with van der Waals surface area (Å²) in [5, 5.41) is 6.88. The molecular weight excluding hydrogens is 164 g/mol. The molecule has 1 aliphatic heterocycles. The van der Waals surface area contributed by atoms with Crippen molar-refractivity contribution in [2.45, 2.75) is 19.8 Å². The standard InChI is InChI=1S/C10H22N2O/c1-10(4-3-5-11-8-10)9-12-6-7-13-2/h11-12H,3-9H2,1-2H3. The maximum Gasteiger partial charge on any atom is 0.0587 e. The largest absolute Gasteiger partial charge is 0.383 e. The first-order valence-electron chi connectivity index (χ1n) is 5.17. The second-order valence-corrected chi connectivity index (χ2v) is 4.26. The van der Waals surface area contributed by atoms with Gasteiger partial charge in [-0.3, -0.25) is 0 Å². The quantitative estimate of drug-likeness (QED) is 0.617. The number of methoxy groups -OCH3 is 1. The molecule has 1 heterocycles. The van der Waals surface area contributed by atoms with E-state index in [1.54, 1.807) is 7.11 Å². The van der Waals surface area contributed by atoms with Crippen LogP contribution in [0.4, 0.5) is 0 Å². The van der Waals surface area contributed by atoms with Gasteiger partial charge in [-0.1, -0.05) is 6.92 Å². The van der Waals surface area contributed by atoms with Crippen LogP contribution in [0.3, 0.4) is 0 Å². The fourth-order valence-electron chi connectivity index (χ4n) is 1.83. The minimum absolute atomic E-state index is 0.450. The van der Waals surface area contributed by atoms with Gasteiger partial charge in [0.2, 0.25) is 0 Å². The molecule has 1 aliphatic rings. The molecule has 0 bridgehead atoms. The van der Waals surface area contributed by atoms with Crippen LogP contribution in [-0.4, -0.2) is 39.9 Å². The van der Waals surface area contributed by atoms with Crippen LogP contribution < -0.4 is 10.6 Å². The van der Waals surface area contributed by atoms with Crippen molar-refractivity contribution in [3.63, 3.8) is 0 Å². The van der Waals surface area contributed by atoms with Crippen molar-refractivity contribution in [1.82, 2.24) is 10.6 Å². The summed E-state index contributed by atoms with van der Waals surface area (Å²) in [6.45, 7) is 7.55. The van der Waals surface area contributed by atoms with Gasteiger partial charge < -0.3 is 15.4 Å². The molecule has 2 N–H and O–H groups in total. The Hall–Kier alpha value is -0.120. The number of hydrogen-bond acceptors (Lipinski definition) is 3. The van der Waals surface area contributed by atoms with Crippen molar-refractivity contribution >= 4 is 0 Å². The molecule has 0 amide bonds. The molecule has 0 aromatic carbocycles. The van der Waals surface area contributed by atoms with Crippen LogP contribution in [0.1, 0.15) is 19.8 Å². The average Bonchev–Trinajstić information content (AvgIpc) is 2.14. The van der Waals surface area contributed by atoms with E-state index < -0.39 is 0 Å². The Morgan fingerprint density at radius 3 is 3.00 bits per heavy atom. The molecule has 1 rings (SSSR count). The third kappa shape index (κ3) is 4.07. The van der Waals surface area contributed by atoms with Gasteiger partial charge >= 0.3 is 0 Å². The summed E-state index contributed by atoms with van der Waals surface area (Å²) in [6.07, 6.45) is 2.64. The number of hydrogen-bond donors (Lipinski definition) is 2. The lowest BCUT2D eigenvalue weighted by atomic mass is 9.83. The highest BCUT2D eigenvalue weighted by atomic mass is 16.5. The third-order valence-electron chi connectivity index (χ3n) is 2.72. The van der Waals surface area contributed by atoms with Crippen molar-refractivity contribution in [3.8, 4) is 0 Å². The minimum atomic E-state index is 0.450. The molecule has 1 unspecified atom stereocenters. The van der Waals surface area contributed by atoms with Crippen LogP contribution in [0.5, 0.6) is 0 Å². The summed E-state index contributed by atoms with van der Waals surface area (Å²) in [5.74, 6) is 0. The van der Waals surface area contributed by atoms with Crippen LogP contribution in [0.15, 0.2) is 0 Å². The van der Waals surface area contributed by atoms with E-state index in [0.717, 1.165) is 26.2 Å². The van der Waals surface area contributed by atoms with Gasteiger partial charge in [0.1, 0.15) is 0 Å². The van der Waals surface area contributed by atoms with Crippen LogP contribution in [0.2, 0.25) is 0 Å². The highest BCUT2D eigenvalue weighted by molar-refractivity contribution is 4.83. The van der Waals surface area contributed by atoms with Crippen molar-refractivity contribution in [2.75, 3.05) is 39.9 Å². The van der Waals surface area contributed by atoms with E-state index in [-0.39, 0.29) is 0 Å². The number of rotatable bonds is 5. The van der Waals surface area contributed by atoms with Gasteiger partial charge in [0.25, 0.3) is 0 Å². The predicted octanol–water partition coefficient (Wildman–Crippen LogP) is 0.612. The topological polar surface area (TPSA) is 33.3 Å². The van der Waals surface area contributed by atoms with E-state index in [0.29, 0.717) is 5.41 Å². The predicted molar refractivity (Wildman–Crippen MR) is 55.0 cm³/mol. The summed E-state index contributed by atoms with van der Waals surface area (Å²) in [4.78, 5) is 0. The van der Waals surface area contributed by atoms with Crippen LogP contribution >= 0.6 is 0 Å². The van der Waals surface area contributed by atoms with Gasteiger partial charge in [0, 0.05) is 26.7 Å². The molecule has 0 aromatic heterocycles. The smallest absolute Gasteiger partial charge is 0.0587 e. The Kier molecular flexibility index (Phi) is 4.70. The summed E-state index contributed by atoms with van der Waals surface area (Å²) in [7, 11) is 1.74. The summed E-state index contributed by atoms with van der Waals surface area (Å²) < 4.78 is 4.99. The first-order valence-corrected chi connectivity index (χ1v) is 5.17. The highest BCUT2D eigenvalue weighted by Gasteiger charge is 2.25. The second-order valence-electron chi connectivity index (χ2n) is 4.26. The lowest BCUT2D eigenvalue weighted by molar-refractivity contribution is 0.183. The van der Waals surface area contributed by atoms with Crippen molar-refractivity contribution in [2.24, 2.45) is 5.41 Å². The average molecular weight is 186 g/mol. The summed E-state index contributed by atoms with van der Waals surface area (Å²) in [6, 6.07) is 0. The number of ether oxygens (including phenoxy) is 1. The van der Waals surface area contributed by atoms with Crippen LogP contribution in [0.25, 0.3) is 0 Å². The zero-order chi connectivity index (χ0) is 9.57. The Morgan fingerprint density at radius 2 is 2.38 bits per heavy atom. The van der Waals surface area contributed by atoms with Crippen LogP contribution in [0, 0.1) is 5.41 Å². The molecule has 0 aromatic rings. The second kappa shape index (κ2) is 5.58. The Bertz CT molecular complexity index is 133. The van der Waals surface area contributed by atoms with E-state index in [2.05, 4.69) is 17.6 Å². The van der Waals surface area contributed by atoms with Crippen molar-refractivity contribution in [1.29, 1.82) is 0 Å². The van der Waals surface area contributed by atoms with E-state index >= 15 is 0 Å². The Morgan fingerprint density at radius 1 is 1.54 bits per heavy atom. The van der Waals surface area contributed by atoms with Crippen molar-refractivity contribution < 1.29 is 4.74 Å². The van der Waals surface area contributed by atoms with Crippen LogP contribution in [-0.2, 0) is 4.74 Å². The molecule has 1 saturated heterocycles. The molecule has 13 heavy (non-hydrogen) atoms. The van der Waals surface area contributed by atoms with Gasteiger partial charge in [-0.05, 0) is 24.8 Å². The molecule has 0 radical (unpaired) electrons. The van der Waals surface area contributed by atoms with Gasteiger partial charge in [-0.2, -0.15) is 0 Å². The first-order chi connectivity index (χ1) is 6.27. The normalized spacial score (nSPS) is 29.1. The molecular formula is C10H22N2O. The molecule has 3 nitrogen and oxygen atoms in total. The fourth-order valence-corrected chi connectivity index (χ4v) is 1.83. The SMILES string of the molecule is COCCNCC1(C)CCCNC1. The van der Waals surface area contributed by atoms with Crippen molar-refractivity contribution in [3.05, 3.63) is 0 Å². The maximum atomic E-state index is 4.99. The van der Waals surface area contributed by atoms with Gasteiger partial charge in [0.15, 0.2) is 0 Å². The molecule has 1 atom stereocenters. The van der Waals surface area contributed by atoms with E-state index in [4.69, 9.17) is 4.74 Å². The summed E-state index contributed by atoms with van der Waals surface area (Å²) in [5.41, 5.74) is 0.450. The fraction of sp³-hybridized carbons (Fsp3) is 1.00. The molecule has 0 aliphatic carbocycles. The zero-order valence-corrected chi connectivity index (χ0v) is 8.86. The van der Waals surface area contributed by atoms with Gasteiger partial charge in [-0.25, -0.2) is 0 Å².